The number of rotatable bonds is 5. The normalized spacial score (nSPS) is 25.2. The Morgan fingerprint density at radius 2 is 2.08 bits per heavy atom. The Balaban J connectivity index is 0.00000225. The maximum absolute atomic E-state index is 12.2. The quantitative estimate of drug-likeness (QED) is 0.751. The molecule has 3 unspecified atom stereocenters. The van der Waals surface area contributed by atoms with Gasteiger partial charge in [-0.2, -0.15) is 0 Å². The van der Waals surface area contributed by atoms with Gasteiger partial charge in [-0.05, 0) is 69.3 Å². The monoisotopic (exact) mass is 429 g/mol. The zero-order chi connectivity index (χ0) is 16.9. The molecule has 1 amide bonds. The van der Waals surface area contributed by atoms with Crippen LogP contribution in [0.2, 0.25) is 0 Å². The molecule has 0 spiro atoms. The topological polar surface area (TPSA) is 44.4 Å². The third kappa shape index (κ3) is 5.68. The van der Waals surface area contributed by atoms with Gasteiger partial charge in [0.25, 0.3) is 0 Å². The van der Waals surface area contributed by atoms with Crippen LogP contribution in [0.5, 0.6) is 0 Å². The molecule has 4 nitrogen and oxygen atoms in total. The number of halogens is 2. The molecule has 140 valence electrons. The summed E-state index contributed by atoms with van der Waals surface area (Å²) < 4.78 is 1.12. The van der Waals surface area contributed by atoms with Gasteiger partial charge in [0.2, 0.25) is 5.91 Å². The minimum absolute atomic E-state index is 0. The van der Waals surface area contributed by atoms with E-state index in [0.29, 0.717) is 12.0 Å². The highest BCUT2D eigenvalue weighted by Crippen LogP contribution is 2.27. The highest BCUT2D eigenvalue weighted by Gasteiger charge is 2.26. The molecule has 1 aromatic carbocycles. The summed E-state index contributed by atoms with van der Waals surface area (Å²) in [4.78, 5) is 14.7. The van der Waals surface area contributed by atoms with Gasteiger partial charge in [0.15, 0.2) is 0 Å². The standard InChI is InChI=1S/C19H28BrN3O.ClH/c1-14(16-6-8-17(20)9-7-16)23-11-3-4-15(13-23)12-22-19(24)18-5-2-10-21-18;/h6-9,14-15,18,21H,2-5,10-13H2,1H3,(H,22,24);1H. The van der Waals surface area contributed by atoms with Gasteiger partial charge < -0.3 is 10.6 Å². The number of hydrogen-bond donors (Lipinski definition) is 2. The molecule has 25 heavy (non-hydrogen) atoms. The molecule has 0 radical (unpaired) electrons. The molecule has 0 saturated carbocycles. The van der Waals surface area contributed by atoms with E-state index in [2.05, 4.69) is 62.7 Å². The van der Waals surface area contributed by atoms with Crippen LogP contribution in [0.4, 0.5) is 0 Å². The Labute approximate surface area is 165 Å². The minimum atomic E-state index is 0. The van der Waals surface area contributed by atoms with E-state index < -0.39 is 0 Å². The molecule has 0 aromatic heterocycles. The minimum Gasteiger partial charge on any atom is -0.354 e. The van der Waals surface area contributed by atoms with Gasteiger partial charge in [0.1, 0.15) is 0 Å². The van der Waals surface area contributed by atoms with Crippen molar-refractivity contribution in [2.45, 2.75) is 44.7 Å². The second-order valence-corrected chi connectivity index (χ2v) is 8.04. The van der Waals surface area contributed by atoms with Crippen LogP contribution in [-0.2, 0) is 4.79 Å². The second-order valence-electron chi connectivity index (χ2n) is 7.12. The SMILES string of the molecule is CC(c1ccc(Br)cc1)N1CCCC(CNC(=O)C2CCCN2)C1.Cl. The molecule has 2 N–H and O–H groups in total. The fourth-order valence-corrected chi connectivity index (χ4v) is 4.11. The van der Waals surface area contributed by atoms with Crippen LogP contribution in [0.25, 0.3) is 0 Å². The number of carbonyl (C=O) groups excluding carboxylic acids is 1. The Morgan fingerprint density at radius 1 is 1.32 bits per heavy atom. The fraction of sp³-hybridized carbons (Fsp3) is 0.632. The van der Waals surface area contributed by atoms with Crippen molar-refractivity contribution in [2.75, 3.05) is 26.2 Å². The highest BCUT2D eigenvalue weighted by molar-refractivity contribution is 9.10. The summed E-state index contributed by atoms with van der Waals surface area (Å²) in [5, 5.41) is 6.44. The van der Waals surface area contributed by atoms with Crippen molar-refractivity contribution in [1.29, 1.82) is 0 Å². The van der Waals surface area contributed by atoms with E-state index in [9.17, 15) is 4.79 Å². The number of amides is 1. The van der Waals surface area contributed by atoms with Crippen LogP contribution in [0.15, 0.2) is 28.7 Å². The predicted octanol–water partition coefficient (Wildman–Crippen LogP) is 3.51. The van der Waals surface area contributed by atoms with Gasteiger partial charge in [0, 0.05) is 23.6 Å². The van der Waals surface area contributed by atoms with Crippen molar-refractivity contribution in [1.82, 2.24) is 15.5 Å². The van der Waals surface area contributed by atoms with Crippen molar-refractivity contribution >= 4 is 34.2 Å². The maximum Gasteiger partial charge on any atom is 0.237 e. The molecule has 2 aliphatic heterocycles. The zero-order valence-corrected chi connectivity index (χ0v) is 17.2. The Morgan fingerprint density at radius 3 is 2.76 bits per heavy atom. The van der Waals surface area contributed by atoms with Gasteiger partial charge in [-0.25, -0.2) is 0 Å². The Bertz CT molecular complexity index is 548. The van der Waals surface area contributed by atoms with Crippen molar-refractivity contribution in [3.05, 3.63) is 34.3 Å². The summed E-state index contributed by atoms with van der Waals surface area (Å²) >= 11 is 3.50. The molecular weight excluding hydrogens is 402 g/mol. The van der Waals surface area contributed by atoms with Crippen molar-refractivity contribution in [3.63, 3.8) is 0 Å². The largest absolute Gasteiger partial charge is 0.354 e. The first-order valence-electron chi connectivity index (χ1n) is 9.14. The fourth-order valence-electron chi connectivity index (χ4n) is 3.84. The van der Waals surface area contributed by atoms with Gasteiger partial charge in [-0.3, -0.25) is 9.69 Å². The van der Waals surface area contributed by atoms with E-state index in [1.807, 2.05) is 0 Å². The zero-order valence-electron chi connectivity index (χ0n) is 14.8. The summed E-state index contributed by atoms with van der Waals surface area (Å²) in [6.45, 7) is 6.27. The lowest BCUT2D eigenvalue weighted by molar-refractivity contribution is -0.123. The Hall–Kier alpha value is -0.620. The Kier molecular flexibility index (Phi) is 8.20. The molecule has 2 heterocycles. The van der Waals surface area contributed by atoms with Gasteiger partial charge in [-0.15, -0.1) is 12.4 Å². The first-order valence-corrected chi connectivity index (χ1v) is 9.93. The molecule has 6 heteroatoms. The van der Waals surface area contributed by atoms with Crippen LogP contribution >= 0.6 is 28.3 Å². The van der Waals surface area contributed by atoms with Crippen molar-refractivity contribution < 1.29 is 4.79 Å². The van der Waals surface area contributed by atoms with Gasteiger partial charge in [0.05, 0.1) is 6.04 Å². The number of likely N-dealkylation sites (tertiary alicyclic amines) is 1. The van der Waals surface area contributed by atoms with E-state index in [4.69, 9.17) is 0 Å². The average Bonchev–Trinajstić information content (AvgIpc) is 3.15. The lowest BCUT2D eigenvalue weighted by Crippen LogP contribution is -2.45. The molecule has 2 aliphatic rings. The molecule has 3 atom stereocenters. The summed E-state index contributed by atoms with van der Waals surface area (Å²) in [6, 6.07) is 9.08. The number of nitrogens with zero attached hydrogens (tertiary/aromatic N) is 1. The summed E-state index contributed by atoms with van der Waals surface area (Å²) in [5.74, 6) is 0.743. The van der Waals surface area contributed by atoms with Gasteiger partial charge >= 0.3 is 0 Å². The number of hydrogen-bond acceptors (Lipinski definition) is 3. The van der Waals surface area contributed by atoms with E-state index in [1.54, 1.807) is 0 Å². The highest BCUT2D eigenvalue weighted by atomic mass is 79.9. The van der Waals surface area contributed by atoms with Crippen LogP contribution in [-0.4, -0.2) is 43.0 Å². The molecule has 2 fully saturated rings. The first-order chi connectivity index (χ1) is 11.6. The lowest BCUT2D eigenvalue weighted by atomic mass is 9.95. The molecule has 3 rings (SSSR count). The molecule has 0 bridgehead atoms. The van der Waals surface area contributed by atoms with E-state index >= 15 is 0 Å². The molecule has 2 saturated heterocycles. The third-order valence-corrected chi connectivity index (χ3v) is 5.92. The van der Waals surface area contributed by atoms with Crippen LogP contribution < -0.4 is 10.6 Å². The third-order valence-electron chi connectivity index (χ3n) is 5.39. The predicted molar refractivity (Wildman–Crippen MR) is 108 cm³/mol. The summed E-state index contributed by atoms with van der Waals surface area (Å²) in [5.41, 5.74) is 1.36. The van der Waals surface area contributed by atoms with Crippen LogP contribution in [0.1, 0.15) is 44.2 Å². The molecular formula is C19H29BrClN3O. The smallest absolute Gasteiger partial charge is 0.237 e. The van der Waals surface area contributed by atoms with E-state index in [0.717, 1.165) is 43.5 Å². The van der Waals surface area contributed by atoms with Crippen molar-refractivity contribution in [2.24, 2.45) is 5.92 Å². The molecule has 1 aromatic rings. The molecule has 0 aliphatic carbocycles. The van der Waals surface area contributed by atoms with E-state index in [1.165, 1.54) is 18.4 Å². The van der Waals surface area contributed by atoms with Gasteiger partial charge in [-0.1, -0.05) is 28.1 Å². The van der Waals surface area contributed by atoms with Crippen LogP contribution in [0, 0.1) is 5.92 Å². The second kappa shape index (κ2) is 9.91. The number of carbonyl (C=O) groups is 1. The number of piperidine rings is 1. The van der Waals surface area contributed by atoms with E-state index in [-0.39, 0.29) is 24.4 Å². The summed E-state index contributed by atoms with van der Waals surface area (Å²) in [6.07, 6.45) is 4.51. The number of nitrogens with one attached hydrogen (secondary N) is 2. The average molecular weight is 431 g/mol. The first kappa shape index (κ1) is 20.7. The van der Waals surface area contributed by atoms with Crippen LogP contribution in [0.3, 0.4) is 0 Å². The lowest BCUT2D eigenvalue weighted by Gasteiger charge is -2.37. The summed E-state index contributed by atoms with van der Waals surface area (Å²) in [7, 11) is 0. The maximum atomic E-state index is 12.2. The number of benzene rings is 1. The van der Waals surface area contributed by atoms with Crippen molar-refractivity contribution in [3.8, 4) is 0 Å².